The molecule has 0 fully saturated rings. The van der Waals surface area contributed by atoms with E-state index in [0.29, 0.717) is 13.0 Å². The van der Waals surface area contributed by atoms with Crippen molar-refractivity contribution in [1.29, 1.82) is 0 Å². The summed E-state index contributed by atoms with van der Waals surface area (Å²) < 4.78 is 7.30. The van der Waals surface area contributed by atoms with Crippen molar-refractivity contribution in [2.45, 2.75) is 25.5 Å². The van der Waals surface area contributed by atoms with Crippen molar-refractivity contribution in [1.82, 2.24) is 14.9 Å². The normalized spacial score (nSPS) is 16.4. The Balaban J connectivity index is 1.46. The lowest BCUT2D eigenvalue weighted by Crippen LogP contribution is -2.35. The number of aryl methyl sites for hydroxylation is 1. The second-order valence-electron chi connectivity index (χ2n) is 5.48. The maximum absolute atomic E-state index is 12.2. The number of nitrogens with one attached hydrogen (secondary N) is 1. The highest BCUT2D eigenvalue weighted by atomic mass is 16.6. The van der Waals surface area contributed by atoms with Crippen LogP contribution in [-0.4, -0.2) is 40.9 Å². The Morgan fingerprint density at radius 2 is 2.33 bits per heavy atom. The highest BCUT2D eigenvalue weighted by molar-refractivity contribution is 6.05. The second kappa shape index (κ2) is 7.63. The number of benzene rings is 1. The Labute approximate surface area is 140 Å². The molecule has 0 bridgehead atoms. The van der Waals surface area contributed by atoms with Crippen molar-refractivity contribution in [2.75, 3.05) is 13.7 Å². The Hall–Kier alpha value is -2.83. The number of hydrogen-bond acceptors (Lipinski definition) is 5. The van der Waals surface area contributed by atoms with Crippen LogP contribution in [0.15, 0.2) is 48.1 Å². The molecule has 1 aliphatic rings. The number of carbonyl (C=O) groups is 1. The molecule has 7 heteroatoms. The van der Waals surface area contributed by atoms with E-state index in [-0.39, 0.29) is 5.91 Å². The number of ether oxygens (including phenoxy) is 1. The molecule has 1 atom stereocenters. The molecule has 1 aliphatic heterocycles. The Morgan fingerprint density at radius 1 is 1.46 bits per heavy atom. The van der Waals surface area contributed by atoms with Gasteiger partial charge >= 0.3 is 0 Å². The minimum atomic E-state index is -0.585. The van der Waals surface area contributed by atoms with E-state index in [1.54, 1.807) is 19.6 Å². The van der Waals surface area contributed by atoms with Gasteiger partial charge in [0.05, 0.1) is 19.1 Å². The zero-order chi connectivity index (χ0) is 16.8. The number of hydrogen-bond donors (Lipinski definition) is 1. The minimum absolute atomic E-state index is 0.144. The summed E-state index contributed by atoms with van der Waals surface area (Å²) in [5, 5.41) is 6.93. The van der Waals surface area contributed by atoms with Gasteiger partial charge in [-0.15, -0.1) is 0 Å². The first kappa shape index (κ1) is 16.0. The number of amides is 1. The average Bonchev–Trinajstić information content (AvgIpc) is 3.30. The van der Waals surface area contributed by atoms with E-state index in [4.69, 9.17) is 9.57 Å². The molecule has 0 radical (unpaired) electrons. The maximum atomic E-state index is 12.2. The molecule has 0 spiro atoms. The topological polar surface area (TPSA) is 77.7 Å². The predicted molar refractivity (Wildman–Crippen MR) is 88.9 cm³/mol. The fraction of sp³-hybridized carbons (Fsp3) is 0.353. The van der Waals surface area contributed by atoms with Crippen molar-refractivity contribution in [2.24, 2.45) is 5.16 Å². The van der Waals surface area contributed by atoms with Crippen LogP contribution in [0.2, 0.25) is 0 Å². The van der Waals surface area contributed by atoms with E-state index >= 15 is 0 Å². The zero-order valence-corrected chi connectivity index (χ0v) is 13.5. The number of aromatic nitrogens is 2. The Bertz CT molecular complexity index is 712. The van der Waals surface area contributed by atoms with E-state index in [1.807, 2.05) is 35.0 Å². The number of nitrogens with zero attached hydrogens (tertiary/aromatic N) is 3. The summed E-state index contributed by atoms with van der Waals surface area (Å²) in [6.07, 6.45) is 6.08. The molecular weight excluding hydrogens is 308 g/mol. The lowest BCUT2D eigenvalue weighted by molar-refractivity contribution is -0.131. The molecule has 1 amide bonds. The van der Waals surface area contributed by atoms with Crippen molar-refractivity contribution >= 4 is 11.6 Å². The number of carbonyl (C=O) groups excluding carboxylic acids is 1. The van der Waals surface area contributed by atoms with Gasteiger partial charge in [0.2, 0.25) is 6.10 Å². The molecule has 3 rings (SSSR count). The SMILES string of the molecule is COc1ccccc1C1=NO[C@H](C(=O)NCCCn2ccnc2)C1. The van der Waals surface area contributed by atoms with Crippen LogP contribution in [0.5, 0.6) is 5.75 Å². The molecule has 0 saturated carbocycles. The van der Waals surface area contributed by atoms with Crippen molar-refractivity contribution < 1.29 is 14.4 Å². The van der Waals surface area contributed by atoms with E-state index in [2.05, 4.69) is 15.5 Å². The summed E-state index contributed by atoms with van der Waals surface area (Å²) in [7, 11) is 1.61. The van der Waals surface area contributed by atoms with Gasteiger partial charge in [-0.25, -0.2) is 4.98 Å². The lowest BCUT2D eigenvalue weighted by Gasteiger charge is -2.10. The Morgan fingerprint density at radius 3 is 3.12 bits per heavy atom. The number of methoxy groups -OCH3 is 1. The summed E-state index contributed by atoms with van der Waals surface area (Å²) in [4.78, 5) is 21.4. The molecule has 7 nitrogen and oxygen atoms in total. The number of imidazole rings is 1. The first-order valence-electron chi connectivity index (χ1n) is 7.87. The van der Waals surface area contributed by atoms with Gasteiger partial charge in [-0.05, 0) is 18.6 Å². The summed E-state index contributed by atoms with van der Waals surface area (Å²) in [6.45, 7) is 1.40. The summed E-state index contributed by atoms with van der Waals surface area (Å²) in [6, 6.07) is 7.57. The van der Waals surface area contributed by atoms with E-state index < -0.39 is 6.10 Å². The smallest absolute Gasteiger partial charge is 0.264 e. The van der Waals surface area contributed by atoms with Crippen LogP contribution < -0.4 is 10.1 Å². The Kier molecular flexibility index (Phi) is 5.10. The van der Waals surface area contributed by atoms with Crippen molar-refractivity contribution in [3.63, 3.8) is 0 Å². The van der Waals surface area contributed by atoms with Crippen LogP contribution in [0.3, 0.4) is 0 Å². The van der Waals surface area contributed by atoms with Crippen LogP contribution >= 0.6 is 0 Å². The molecule has 1 N–H and O–H groups in total. The van der Waals surface area contributed by atoms with E-state index in [9.17, 15) is 4.79 Å². The number of rotatable bonds is 7. The van der Waals surface area contributed by atoms with Gasteiger partial charge in [-0.1, -0.05) is 17.3 Å². The van der Waals surface area contributed by atoms with Crippen molar-refractivity contribution in [3.8, 4) is 5.75 Å². The summed E-state index contributed by atoms with van der Waals surface area (Å²) >= 11 is 0. The molecule has 0 aliphatic carbocycles. The van der Waals surface area contributed by atoms with Gasteiger partial charge in [0.15, 0.2) is 0 Å². The van der Waals surface area contributed by atoms with Crippen LogP contribution in [0.4, 0.5) is 0 Å². The second-order valence-corrected chi connectivity index (χ2v) is 5.48. The third-order valence-electron chi connectivity index (χ3n) is 3.83. The molecule has 0 unspecified atom stereocenters. The highest BCUT2D eigenvalue weighted by Gasteiger charge is 2.29. The summed E-state index contributed by atoms with van der Waals surface area (Å²) in [5.41, 5.74) is 1.58. The largest absolute Gasteiger partial charge is 0.496 e. The lowest BCUT2D eigenvalue weighted by atomic mass is 10.0. The predicted octanol–water partition coefficient (Wildman–Crippen LogP) is 1.59. The standard InChI is InChI=1S/C17H20N4O3/c1-23-15-6-3-2-5-13(15)14-11-16(24-20-14)17(22)19-7-4-9-21-10-8-18-12-21/h2-3,5-6,8,10,12,16H,4,7,9,11H2,1H3,(H,19,22)/t16-/m0/s1. The molecular formula is C17H20N4O3. The minimum Gasteiger partial charge on any atom is -0.496 e. The maximum Gasteiger partial charge on any atom is 0.264 e. The van der Waals surface area contributed by atoms with Gasteiger partial charge < -0.3 is 19.5 Å². The first-order chi connectivity index (χ1) is 11.8. The molecule has 1 aromatic heterocycles. The molecule has 2 aromatic rings. The quantitative estimate of drug-likeness (QED) is 0.783. The average molecular weight is 328 g/mol. The fourth-order valence-corrected chi connectivity index (χ4v) is 2.57. The summed E-state index contributed by atoms with van der Waals surface area (Å²) in [5.74, 6) is 0.579. The third kappa shape index (κ3) is 3.73. The van der Waals surface area contributed by atoms with E-state index in [0.717, 1.165) is 30.0 Å². The van der Waals surface area contributed by atoms with Crippen LogP contribution in [0.25, 0.3) is 0 Å². The monoisotopic (exact) mass is 328 g/mol. The van der Waals surface area contributed by atoms with Crippen LogP contribution in [0.1, 0.15) is 18.4 Å². The van der Waals surface area contributed by atoms with Gasteiger partial charge in [0.1, 0.15) is 5.75 Å². The van der Waals surface area contributed by atoms with E-state index in [1.165, 1.54) is 0 Å². The molecule has 0 saturated heterocycles. The molecule has 126 valence electrons. The molecule has 1 aromatic carbocycles. The first-order valence-corrected chi connectivity index (χ1v) is 7.87. The number of oxime groups is 1. The fourth-order valence-electron chi connectivity index (χ4n) is 2.57. The number of para-hydroxylation sites is 1. The van der Waals surface area contributed by atoms with Gasteiger partial charge in [0, 0.05) is 37.5 Å². The van der Waals surface area contributed by atoms with Crippen LogP contribution in [-0.2, 0) is 16.2 Å². The van der Waals surface area contributed by atoms with Gasteiger partial charge in [-0.3, -0.25) is 4.79 Å². The van der Waals surface area contributed by atoms with Gasteiger partial charge in [0.25, 0.3) is 5.91 Å². The molecule has 2 heterocycles. The van der Waals surface area contributed by atoms with Crippen molar-refractivity contribution in [3.05, 3.63) is 48.5 Å². The van der Waals surface area contributed by atoms with Gasteiger partial charge in [-0.2, -0.15) is 0 Å². The third-order valence-corrected chi connectivity index (χ3v) is 3.83. The molecule has 24 heavy (non-hydrogen) atoms. The highest BCUT2D eigenvalue weighted by Crippen LogP contribution is 2.24. The van der Waals surface area contributed by atoms with Crippen LogP contribution in [0, 0.1) is 0 Å². The zero-order valence-electron chi connectivity index (χ0n) is 13.5.